The number of carboxylic acid groups (broad SMARTS) is 1. The maximum Gasteiger partial charge on any atom is 0.335 e. The van der Waals surface area contributed by atoms with Gasteiger partial charge in [-0.2, -0.15) is 0 Å². The van der Waals surface area contributed by atoms with Crippen LogP contribution in [0.25, 0.3) is 0 Å². The van der Waals surface area contributed by atoms with Gasteiger partial charge in [0.05, 0.1) is 6.61 Å². The van der Waals surface area contributed by atoms with E-state index in [-0.39, 0.29) is 25.9 Å². The number of carbonyl (C=O) groups is 4. The SMILES string of the molecule is CC/C=C\C/C=C\C/C=C\C/C=C\CCC(=O)OCC(COC1OC(C(=O)O)C(O)C(O)C1OC(=O)CCCCCCCCCCC/C=C\C/C=C\CCCCC)OC(=O)CCCCCCC/C=C\CCCC. The number of esters is 3. The van der Waals surface area contributed by atoms with Gasteiger partial charge < -0.3 is 39.0 Å². The molecule has 0 radical (unpaired) electrons. The Morgan fingerprint density at radius 3 is 1.42 bits per heavy atom. The molecule has 12 nitrogen and oxygen atoms in total. The Bertz CT molecular complexity index is 1590. The van der Waals surface area contributed by atoms with E-state index >= 15 is 0 Å². The second-order valence-electron chi connectivity index (χ2n) is 19.2. The summed E-state index contributed by atoms with van der Waals surface area (Å²) in [4.78, 5) is 50.9. The number of aliphatic hydroxyl groups is 2. The number of carbonyl (C=O) groups excluding carboxylic acids is 3. The predicted molar refractivity (Wildman–Crippen MR) is 294 cm³/mol. The van der Waals surface area contributed by atoms with Gasteiger partial charge in [0, 0.05) is 19.3 Å². The van der Waals surface area contributed by atoms with Crippen LogP contribution in [0.1, 0.15) is 226 Å². The Labute approximate surface area is 441 Å². The Morgan fingerprint density at radius 1 is 0.466 bits per heavy atom. The van der Waals surface area contributed by atoms with Crippen molar-refractivity contribution in [3.63, 3.8) is 0 Å². The Balaban J connectivity index is 2.70. The third kappa shape index (κ3) is 39.0. The van der Waals surface area contributed by atoms with Gasteiger partial charge in [0.25, 0.3) is 0 Å². The molecule has 1 aliphatic rings. The fourth-order valence-corrected chi connectivity index (χ4v) is 8.04. The molecule has 1 rings (SSSR count). The number of hydrogen-bond donors (Lipinski definition) is 3. The van der Waals surface area contributed by atoms with E-state index in [9.17, 15) is 34.5 Å². The van der Waals surface area contributed by atoms with Gasteiger partial charge in [-0.1, -0.05) is 196 Å². The first-order chi connectivity index (χ1) is 35.6. The van der Waals surface area contributed by atoms with E-state index in [0.717, 1.165) is 103 Å². The van der Waals surface area contributed by atoms with Crippen molar-refractivity contribution in [2.45, 2.75) is 263 Å². The number of allylic oxidation sites excluding steroid dienone is 14. The summed E-state index contributed by atoms with van der Waals surface area (Å²) in [5.74, 6) is -3.25. The Morgan fingerprint density at radius 2 is 0.904 bits per heavy atom. The monoisotopic (exact) mass is 1020 g/mol. The molecular weight excluding hydrogens is 925 g/mol. The zero-order valence-electron chi connectivity index (χ0n) is 45.6. The van der Waals surface area contributed by atoms with Crippen molar-refractivity contribution >= 4 is 23.9 Å². The molecule has 1 heterocycles. The van der Waals surface area contributed by atoms with Crippen LogP contribution in [0, 0.1) is 0 Å². The summed E-state index contributed by atoms with van der Waals surface area (Å²) in [5.41, 5.74) is 0. The number of unbranched alkanes of at least 4 members (excludes halogenated alkanes) is 19. The molecule has 6 atom stereocenters. The van der Waals surface area contributed by atoms with E-state index in [1.165, 1.54) is 64.2 Å². The van der Waals surface area contributed by atoms with E-state index in [4.69, 9.17) is 23.7 Å². The molecule has 0 aromatic heterocycles. The van der Waals surface area contributed by atoms with Crippen LogP contribution in [0.5, 0.6) is 0 Å². The largest absolute Gasteiger partial charge is 0.479 e. The number of carboxylic acids is 1. The van der Waals surface area contributed by atoms with Crippen LogP contribution in [0.3, 0.4) is 0 Å². The van der Waals surface area contributed by atoms with E-state index in [1.54, 1.807) is 0 Å². The number of aliphatic carboxylic acids is 1. The average Bonchev–Trinajstić information content (AvgIpc) is 3.37. The summed E-state index contributed by atoms with van der Waals surface area (Å²) in [6, 6.07) is 0. The van der Waals surface area contributed by atoms with Crippen molar-refractivity contribution in [2.24, 2.45) is 0 Å². The summed E-state index contributed by atoms with van der Waals surface area (Å²) in [5, 5.41) is 31.4. The maximum absolute atomic E-state index is 13.1. The number of ether oxygens (including phenoxy) is 5. The van der Waals surface area contributed by atoms with Crippen molar-refractivity contribution in [1.29, 1.82) is 0 Å². The molecule has 0 bridgehead atoms. The van der Waals surface area contributed by atoms with Crippen LogP contribution in [0.15, 0.2) is 85.1 Å². The van der Waals surface area contributed by atoms with Crippen LogP contribution < -0.4 is 0 Å². The zero-order chi connectivity index (χ0) is 53.3. The van der Waals surface area contributed by atoms with Gasteiger partial charge in [0.1, 0.15) is 18.8 Å². The molecule has 12 heteroatoms. The molecule has 3 N–H and O–H groups in total. The molecule has 1 fully saturated rings. The molecule has 6 unspecified atom stereocenters. The van der Waals surface area contributed by atoms with Crippen LogP contribution in [-0.4, -0.2) is 89.2 Å². The summed E-state index contributed by atoms with van der Waals surface area (Å²) < 4.78 is 28.3. The van der Waals surface area contributed by atoms with Gasteiger partial charge in [-0.25, -0.2) is 4.79 Å². The van der Waals surface area contributed by atoms with Crippen molar-refractivity contribution in [3.8, 4) is 0 Å². The molecule has 0 aromatic carbocycles. The lowest BCUT2D eigenvalue weighted by atomic mass is 9.98. The third-order valence-corrected chi connectivity index (χ3v) is 12.4. The smallest absolute Gasteiger partial charge is 0.335 e. The maximum atomic E-state index is 13.1. The van der Waals surface area contributed by atoms with Crippen molar-refractivity contribution < 1.29 is 58.2 Å². The van der Waals surface area contributed by atoms with Crippen molar-refractivity contribution in [3.05, 3.63) is 85.1 Å². The predicted octanol–water partition coefficient (Wildman–Crippen LogP) is 14.3. The highest BCUT2D eigenvalue weighted by atomic mass is 16.7. The average molecular weight is 1030 g/mol. The fourth-order valence-electron chi connectivity index (χ4n) is 8.04. The van der Waals surface area contributed by atoms with Gasteiger partial charge in [0.15, 0.2) is 24.6 Å². The van der Waals surface area contributed by atoms with Crippen LogP contribution >= 0.6 is 0 Å². The van der Waals surface area contributed by atoms with Crippen LogP contribution in [0.4, 0.5) is 0 Å². The Hall–Kier alpha value is -4.10. The first-order valence-corrected chi connectivity index (χ1v) is 28.6. The van der Waals surface area contributed by atoms with Gasteiger partial charge in [-0.05, 0) is 96.3 Å². The van der Waals surface area contributed by atoms with E-state index in [0.29, 0.717) is 19.3 Å². The lowest BCUT2D eigenvalue weighted by molar-refractivity contribution is -0.301. The second kappa shape index (κ2) is 48.8. The zero-order valence-corrected chi connectivity index (χ0v) is 45.6. The topological polar surface area (TPSA) is 175 Å². The molecule has 0 aromatic rings. The molecule has 0 amide bonds. The first-order valence-electron chi connectivity index (χ1n) is 28.6. The highest BCUT2D eigenvalue weighted by Gasteiger charge is 2.50. The number of aliphatic hydroxyl groups excluding tert-OH is 2. The van der Waals surface area contributed by atoms with Crippen LogP contribution in [0.2, 0.25) is 0 Å². The second-order valence-corrected chi connectivity index (χ2v) is 19.2. The van der Waals surface area contributed by atoms with Crippen LogP contribution in [-0.2, 0) is 42.9 Å². The standard InChI is InChI=1S/C61H100O12/c1-4-7-10-13-16-19-22-24-25-26-27-28-29-31-34-37-40-43-46-49-55(64)72-59-57(66)56(65)58(60(67)68)73-61(59)70-51-52(71-54(63)48-45-42-39-36-32-21-18-15-12-9-6-3)50-69-53(62)47-44-41-38-35-33-30-23-20-17-14-11-8-5-2/h8,11,15-20,24-25,30,33,38,41,52,56-59,61,65-66H,4-7,9-10,12-14,21-23,26-29,31-32,34-37,39-40,42-51H2,1-3H3,(H,67,68)/b11-8-,18-15-,19-16-,20-17-,25-24-,33-30-,41-38-. The van der Waals surface area contributed by atoms with Gasteiger partial charge in [-0.3, -0.25) is 14.4 Å². The minimum atomic E-state index is -1.92. The summed E-state index contributed by atoms with van der Waals surface area (Å²) in [7, 11) is 0. The lowest BCUT2D eigenvalue weighted by Gasteiger charge is -2.40. The number of hydrogen-bond acceptors (Lipinski definition) is 11. The lowest BCUT2D eigenvalue weighted by Crippen LogP contribution is -2.61. The summed E-state index contributed by atoms with van der Waals surface area (Å²) in [6.45, 7) is 5.72. The van der Waals surface area contributed by atoms with Gasteiger partial charge in [-0.15, -0.1) is 0 Å². The molecule has 0 spiro atoms. The van der Waals surface area contributed by atoms with Gasteiger partial charge in [0.2, 0.25) is 0 Å². The number of rotatable bonds is 47. The summed E-state index contributed by atoms with van der Waals surface area (Å²) in [6.07, 6.45) is 50.1. The van der Waals surface area contributed by atoms with E-state index < -0.39 is 67.3 Å². The molecule has 1 saturated heterocycles. The highest BCUT2D eigenvalue weighted by Crippen LogP contribution is 2.26. The normalized spacial score (nSPS) is 18.9. The molecule has 73 heavy (non-hydrogen) atoms. The molecule has 416 valence electrons. The van der Waals surface area contributed by atoms with Crippen molar-refractivity contribution in [2.75, 3.05) is 13.2 Å². The Kier molecular flexibility index (Phi) is 44.7. The minimum absolute atomic E-state index is 0.0454. The summed E-state index contributed by atoms with van der Waals surface area (Å²) >= 11 is 0. The molecule has 0 saturated carbocycles. The molecular formula is C61H100O12. The van der Waals surface area contributed by atoms with E-state index in [2.05, 4.69) is 93.7 Å². The fraction of sp³-hybridized carbons (Fsp3) is 0.705. The van der Waals surface area contributed by atoms with Crippen molar-refractivity contribution in [1.82, 2.24) is 0 Å². The molecule has 0 aliphatic carbocycles. The third-order valence-electron chi connectivity index (χ3n) is 12.4. The quantitative estimate of drug-likeness (QED) is 0.0228. The highest BCUT2D eigenvalue weighted by molar-refractivity contribution is 5.74. The molecule has 1 aliphatic heterocycles. The minimum Gasteiger partial charge on any atom is -0.479 e. The van der Waals surface area contributed by atoms with Gasteiger partial charge >= 0.3 is 23.9 Å². The van der Waals surface area contributed by atoms with E-state index in [1.807, 2.05) is 12.2 Å². The first kappa shape index (κ1) is 66.9.